The van der Waals surface area contributed by atoms with E-state index in [-0.39, 0.29) is 6.10 Å². The van der Waals surface area contributed by atoms with Gasteiger partial charge in [0.2, 0.25) is 0 Å². The van der Waals surface area contributed by atoms with Gasteiger partial charge in [0.1, 0.15) is 17.7 Å². The molecule has 0 bridgehead atoms. The average Bonchev–Trinajstić information content (AvgIpc) is 2.37. The maximum Gasteiger partial charge on any atom is 0.328 e. The van der Waals surface area contributed by atoms with Crippen molar-refractivity contribution in [2.45, 2.75) is 25.4 Å². The zero-order valence-electron chi connectivity index (χ0n) is 10.4. The molecule has 100 valence electrons. The van der Waals surface area contributed by atoms with Crippen LogP contribution in [0.2, 0.25) is 0 Å². The van der Waals surface area contributed by atoms with E-state index in [1.165, 1.54) is 18.2 Å². The summed E-state index contributed by atoms with van der Waals surface area (Å²) in [6.07, 6.45) is 9.32. The van der Waals surface area contributed by atoms with Gasteiger partial charge in [-0.05, 0) is 49.1 Å². The third kappa shape index (κ3) is 4.25. The van der Waals surface area contributed by atoms with Crippen LogP contribution in [0, 0.1) is 5.82 Å². The molecule has 19 heavy (non-hydrogen) atoms. The summed E-state index contributed by atoms with van der Waals surface area (Å²) in [6.45, 7) is 0. The predicted octanol–water partition coefficient (Wildman–Crippen LogP) is 3.41. The second kappa shape index (κ2) is 6.18. The van der Waals surface area contributed by atoms with E-state index in [0.717, 1.165) is 25.3 Å². The third-order valence-electron chi connectivity index (χ3n) is 2.81. The molecule has 1 atom stereocenters. The second-order valence-electron chi connectivity index (χ2n) is 4.41. The molecule has 1 unspecified atom stereocenters. The van der Waals surface area contributed by atoms with Crippen LogP contribution in [0.1, 0.15) is 24.8 Å². The van der Waals surface area contributed by atoms with Crippen molar-refractivity contribution in [2.75, 3.05) is 0 Å². The molecule has 4 heteroatoms. The number of rotatable bonds is 4. The average molecular weight is 262 g/mol. The Bertz CT molecular complexity index is 520. The molecule has 0 saturated carbocycles. The van der Waals surface area contributed by atoms with Crippen LogP contribution in [0.25, 0.3) is 6.08 Å². The highest BCUT2D eigenvalue weighted by molar-refractivity contribution is 5.85. The van der Waals surface area contributed by atoms with Crippen molar-refractivity contribution in [1.29, 1.82) is 0 Å². The number of carbonyl (C=O) groups is 1. The highest BCUT2D eigenvalue weighted by Gasteiger charge is 2.10. The van der Waals surface area contributed by atoms with Crippen LogP contribution in [0.15, 0.2) is 36.4 Å². The van der Waals surface area contributed by atoms with Crippen LogP contribution < -0.4 is 4.74 Å². The largest absolute Gasteiger partial charge is 0.486 e. The lowest BCUT2D eigenvalue weighted by molar-refractivity contribution is -0.131. The molecule has 1 aliphatic rings. The SMILES string of the molecule is O=C(O)/C=C/c1cc(F)cc(OC2C=CCCC2)c1. The fourth-order valence-electron chi connectivity index (χ4n) is 1.97. The Morgan fingerprint density at radius 1 is 1.42 bits per heavy atom. The summed E-state index contributed by atoms with van der Waals surface area (Å²) < 4.78 is 19.1. The number of carboxylic acids is 1. The molecule has 1 aromatic rings. The minimum absolute atomic E-state index is 0.0353. The molecule has 2 rings (SSSR count). The smallest absolute Gasteiger partial charge is 0.328 e. The number of hydrogen-bond donors (Lipinski definition) is 1. The lowest BCUT2D eigenvalue weighted by atomic mass is 10.1. The number of benzene rings is 1. The summed E-state index contributed by atoms with van der Waals surface area (Å²) >= 11 is 0. The number of ether oxygens (including phenoxy) is 1. The number of hydrogen-bond acceptors (Lipinski definition) is 2. The topological polar surface area (TPSA) is 46.5 Å². The molecule has 0 saturated heterocycles. The highest BCUT2D eigenvalue weighted by Crippen LogP contribution is 2.22. The van der Waals surface area contributed by atoms with Gasteiger partial charge < -0.3 is 9.84 Å². The Morgan fingerprint density at radius 2 is 2.26 bits per heavy atom. The van der Waals surface area contributed by atoms with E-state index in [2.05, 4.69) is 6.08 Å². The molecule has 0 amide bonds. The molecule has 0 radical (unpaired) electrons. The van der Waals surface area contributed by atoms with E-state index in [9.17, 15) is 9.18 Å². The minimum Gasteiger partial charge on any atom is -0.486 e. The summed E-state index contributed by atoms with van der Waals surface area (Å²) in [5.74, 6) is -1.09. The Labute approximate surface area is 111 Å². The van der Waals surface area contributed by atoms with Gasteiger partial charge in [-0.25, -0.2) is 9.18 Å². The van der Waals surface area contributed by atoms with Crippen LogP contribution in [-0.4, -0.2) is 17.2 Å². The van der Waals surface area contributed by atoms with Crippen molar-refractivity contribution in [2.24, 2.45) is 0 Å². The van der Waals surface area contributed by atoms with Gasteiger partial charge in [-0.1, -0.05) is 6.08 Å². The second-order valence-corrected chi connectivity index (χ2v) is 4.41. The minimum atomic E-state index is -1.07. The first-order chi connectivity index (χ1) is 9.13. The fourth-order valence-corrected chi connectivity index (χ4v) is 1.97. The van der Waals surface area contributed by atoms with Gasteiger partial charge in [-0.2, -0.15) is 0 Å². The summed E-state index contributed by atoms with van der Waals surface area (Å²) in [4.78, 5) is 10.4. The number of halogens is 1. The van der Waals surface area contributed by atoms with Crippen molar-refractivity contribution in [1.82, 2.24) is 0 Å². The van der Waals surface area contributed by atoms with Gasteiger partial charge in [0.05, 0.1) is 0 Å². The molecule has 0 fully saturated rings. The molecule has 1 aromatic carbocycles. The molecular formula is C15H15FO3. The summed E-state index contributed by atoms with van der Waals surface area (Å²) in [6, 6.07) is 4.20. The maximum absolute atomic E-state index is 13.4. The van der Waals surface area contributed by atoms with Crippen molar-refractivity contribution >= 4 is 12.0 Å². The highest BCUT2D eigenvalue weighted by atomic mass is 19.1. The third-order valence-corrected chi connectivity index (χ3v) is 2.81. The summed E-state index contributed by atoms with van der Waals surface area (Å²) in [7, 11) is 0. The van der Waals surface area contributed by atoms with E-state index < -0.39 is 11.8 Å². The molecule has 1 N–H and O–H groups in total. The van der Waals surface area contributed by atoms with Crippen LogP contribution in [-0.2, 0) is 4.79 Å². The van der Waals surface area contributed by atoms with Gasteiger partial charge >= 0.3 is 5.97 Å². The van der Waals surface area contributed by atoms with Gasteiger partial charge in [0.15, 0.2) is 0 Å². The van der Waals surface area contributed by atoms with Gasteiger partial charge in [0, 0.05) is 12.1 Å². The van der Waals surface area contributed by atoms with E-state index in [0.29, 0.717) is 11.3 Å². The Hall–Kier alpha value is -2.10. The first kappa shape index (κ1) is 13.3. The zero-order valence-corrected chi connectivity index (χ0v) is 10.4. The van der Waals surface area contributed by atoms with E-state index >= 15 is 0 Å². The molecule has 0 heterocycles. The van der Waals surface area contributed by atoms with Crippen LogP contribution in [0.3, 0.4) is 0 Å². The predicted molar refractivity (Wildman–Crippen MR) is 70.5 cm³/mol. The van der Waals surface area contributed by atoms with E-state index in [4.69, 9.17) is 9.84 Å². The Morgan fingerprint density at radius 3 is 2.95 bits per heavy atom. The first-order valence-electron chi connectivity index (χ1n) is 6.18. The number of carboxylic acid groups (broad SMARTS) is 1. The maximum atomic E-state index is 13.4. The van der Waals surface area contributed by atoms with Crippen molar-refractivity contribution in [3.8, 4) is 5.75 Å². The molecule has 0 aromatic heterocycles. The lowest BCUT2D eigenvalue weighted by Gasteiger charge is -2.18. The van der Waals surface area contributed by atoms with Crippen LogP contribution >= 0.6 is 0 Å². The molecular weight excluding hydrogens is 247 g/mol. The Kier molecular flexibility index (Phi) is 4.34. The van der Waals surface area contributed by atoms with E-state index in [1.54, 1.807) is 6.07 Å². The quantitative estimate of drug-likeness (QED) is 0.668. The fraction of sp³-hybridized carbons (Fsp3) is 0.267. The summed E-state index contributed by atoms with van der Waals surface area (Å²) in [5.41, 5.74) is 0.470. The summed E-state index contributed by atoms with van der Waals surface area (Å²) in [5, 5.41) is 8.55. The molecule has 0 aliphatic heterocycles. The molecule has 1 aliphatic carbocycles. The number of aliphatic carboxylic acids is 1. The Balaban J connectivity index is 2.14. The van der Waals surface area contributed by atoms with Crippen LogP contribution in [0.5, 0.6) is 5.75 Å². The van der Waals surface area contributed by atoms with E-state index in [1.807, 2.05) is 6.08 Å². The van der Waals surface area contributed by atoms with Crippen LogP contribution in [0.4, 0.5) is 4.39 Å². The molecule has 3 nitrogen and oxygen atoms in total. The van der Waals surface area contributed by atoms with Gasteiger partial charge in [0.25, 0.3) is 0 Å². The van der Waals surface area contributed by atoms with Crippen molar-refractivity contribution < 1.29 is 19.0 Å². The number of allylic oxidation sites excluding steroid dienone is 1. The normalized spacial score (nSPS) is 18.7. The first-order valence-corrected chi connectivity index (χ1v) is 6.18. The van der Waals surface area contributed by atoms with Gasteiger partial charge in [-0.15, -0.1) is 0 Å². The lowest BCUT2D eigenvalue weighted by Crippen LogP contribution is -2.15. The zero-order chi connectivity index (χ0) is 13.7. The standard InChI is InChI=1S/C15H15FO3/c16-12-8-11(6-7-15(17)18)9-14(10-12)19-13-4-2-1-3-5-13/h2,4,6-10,13H,1,3,5H2,(H,17,18)/b7-6+. The monoisotopic (exact) mass is 262 g/mol. The van der Waals surface area contributed by atoms with Crippen molar-refractivity contribution in [3.05, 3.63) is 47.8 Å². The molecule has 0 spiro atoms. The van der Waals surface area contributed by atoms with Crippen molar-refractivity contribution in [3.63, 3.8) is 0 Å². The van der Waals surface area contributed by atoms with Gasteiger partial charge in [-0.3, -0.25) is 0 Å².